The lowest BCUT2D eigenvalue weighted by Crippen LogP contribution is -2.41. The molecule has 0 amide bonds. The number of sulfonamides is 1. The Morgan fingerprint density at radius 1 is 1.15 bits per heavy atom. The van der Waals surface area contributed by atoms with Crippen LogP contribution in [0.1, 0.15) is 5.56 Å². The van der Waals surface area contributed by atoms with E-state index in [2.05, 4.69) is 9.62 Å². The average Bonchev–Trinajstić information content (AvgIpc) is 2.47. The Bertz CT molecular complexity index is 484. The predicted octanol–water partition coefficient (Wildman–Crippen LogP) is 0.481. The summed E-state index contributed by atoms with van der Waals surface area (Å²) in [6.45, 7) is 4.45. The van der Waals surface area contributed by atoms with Gasteiger partial charge in [0.1, 0.15) is 0 Å². The lowest BCUT2D eigenvalue weighted by Gasteiger charge is -2.26. The molecule has 1 aliphatic rings. The van der Waals surface area contributed by atoms with Gasteiger partial charge in [-0.3, -0.25) is 4.90 Å². The van der Waals surface area contributed by atoms with Crippen molar-refractivity contribution in [3.8, 4) is 0 Å². The first kappa shape index (κ1) is 15.4. The van der Waals surface area contributed by atoms with E-state index in [9.17, 15) is 8.42 Å². The first-order valence-electron chi connectivity index (χ1n) is 6.97. The van der Waals surface area contributed by atoms with Crippen LogP contribution in [0.25, 0.3) is 0 Å². The maximum absolute atomic E-state index is 11.9. The minimum Gasteiger partial charge on any atom is -0.379 e. The third kappa shape index (κ3) is 5.58. The molecule has 0 radical (unpaired) electrons. The number of benzene rings is 1. The minimum atomic E-state index is -3.19. The van der Waals surface area contributed by atoms with E-state index < -0.39 is 10.0 Å². The number of morpholine rings is 1. The molecule has 112 valence electrons. The molecule has 1 aromatic rings. The van der Waals surface area contributed by atoms with E-state index in [-0.39, 0.29) is 5.75 Å². The maximum Gasteiger partial charge on any atom is 0.211 e. The van der Waals surface area contributed by atoms with Crippen LogP contribution >= 0.6 is 0 Å². The molecule has 0 spiro atoms. The third-order valence-electron chi connectivity index (χ3n) is 3.36. The summed E-state index contributed by atoms with van der Waals surface area (Å²) in [5.41, 5.74) is 1.05. The Morgan fingerprint density at radius 2 is 1.85 bits per heavy atom. The van der Waals surface area contributed by atoms with E-state index in [1.165, 1.54) is 0 Å². The Labute approximate surface area is 121 Å². The second-order valence-corrected chi connectivity index (χ2v) is 6.83. The van der Waals surface area contributed by atoms with E-state index in [1.807, 2.05) is 30.3 Å². The zero-order chi connectivity index (χ0) is 14.3. The van der Waals surface area contributed by atoms with Gasteiger partial charge in [-0.1, -0.05) is 30.3 Å². The minimum absolute atomic E-state index is 0.139. The first-order valence-corrected chi connectivity index (χ1v) is 8.62. The van der Waals surface area contributed by atoms with E-state index in [0.717, 1.165) is 38.4 Å². The van der Waals surface area contributed by atoms with E-state index >= 15 is 0 Å². The summed E-state index contributed by atoms with van der Waals surface area (Å²) >= 11 is 0. The van der Waals surface area contributed by atoms with Crippen LogP contribution in [0.5, 0.6) is 0 Å². The lowest BCUT2D eigenvalue weighted by atomic mass is 10.2. The van der Waals surface area contributed by atoms with Crippen LogP contribution in [-0.4, -0.2) is 58.5 Å². The van der Waals surface area contributed by atoms with Crippen molar-refractivity contribution in [1.82, 2.24) is 9.62 Å². The normalized spacial score (nSPS) is 17.2. The van der Waals surface area contributed by atoms with Gasteiger partial charge in [0, 0.05) is 26.2 Å². The molecule has 1 heterocycles. The van der Waals surface area contributed by atoms with Crippen molar-refractivity contribution in [3.63, 3.8) is 0 Å². The Balaban J connectivity index is 1.68. The SMILES string of the molecule is O=S(=O)(CCc1ccccc1)NCCN1CCOCC1. The van der Waals surface area contributed by atoms with Gasteiger partial charge in [0.2, 0.25) is 10.0 Å². The van der Waals surface area contributed by atoms with Crippen molar-refractivity contribution in [2.24, 2.45) is 0 Å². The van der Waals surface area contributed by atoms with Crippen LogP contribution in [0.15, 0.2) is 30.3 Å². The monoisotopic (exact) mass is 298 g/mol. The number of nitrogens with one attached hydrogen (secondary N) is 1. The molecule has 1 saturated heterocycles. The summed E-state index contributed by atoms with van der Waals surface area (Å²) in [5.74, 6) is 0.139. The molecule has 5 nitrogen and oxygen atoms in total. The van der Waals surface area contributed by atoms with Crippen molar-refractivity contribution in [2.75, 3.05) is 45.1 Å². The highest BCUT2D eigenvalue weighted by atomic mass is 32.2. The van der Waals surface area contributed by atoms with Gasteiger partial charge in [-0.2, -0.15) is 0 Å². The Morgan fingerprint density at radius 3 is 2.55 bits per heavy atom. The molecule has 0 aliphatic carbocycles. The molecule has 0 bridgehead atoms. The molecular formula is C14H22N2O3S. The number of ether oxygens (including phenoxy) is 1. The molecule has 1 aliphatic heterocycles. The number of aryl methyl sites for hydroxylation is 1. The molecular weight excluding hydrogens is 276 g/mol. The van der Waals surface area contributed by atoms with Gasteiger partial charge >= 0.3 is 0 Å². The fourth-order valence-electron chi connectivity index (χ4n) is 2.15. The quantitative estimate of drug-likeness (QED) is 0.795. The highest BCUT2D eigenvalue weighted by Crippen LogP contribution is 2.01. The Kier molecular flexibility index (Phi) is 5.97. The van der Waals surface area contributed by atoms with E-state index in [4.69, 9.17) is 4.74 Å². The summed E-state index contributed by atoms with van der Waals surface area (Å²) < 4.78 is 31.7. The van der Waals surface area contributed by atoms with E-state index in [1.54, 1.807) is 0 Å². The van der Waals surface area contributed by atoms with Crippen LogP contribution in [0.4, 0.5) is 0 Å². The summed E-state index contributed by atoms with van der Waals surface area (Å²) in [6.07, 6.45) is 0.549. The van der Waals surface area contributed by atoms with Gasteiger partial charge in [-0.05, 0) is 12.0 Å². The smallest absolute Gasteiger partial charge is 0.211 e. The van der Waals surface area contributed by atoms with Gasteiger partial charge in [0.15, 0.2) is 0 Å². The molecule has 0 saturated carbocycles. The van der Waals surface area contributed by atoms with Crippen molar-refractivity contribution in [1.29, 1.82) is 0 Å². The summed E-state index contributed by atoms with van der Waals surface area (Å²) in [5, 5.41) is 0. The number of hydrogen-bond acceptors (Lipinski definition) is 4. The highest BCUT2D eigenvalue weighted by Gasteiger charge is 2.13. The first-order chi connectivity index (χ1) is 9.66. The van der Waals surface area contributed by atoms with Crippen LogP contribution in [0.2, 0.25) is 0 Å². The standard InChI is InChI=1S/C14H22N2O3S/c17-20(18,13-6-14-4-2-1-3-5-14)15-7-8-16-9-11-19-12-10-16/h1-5,15H,6-13H2. The molecule has 1 N–H and O–H groups in total. The lowest BCUT2D eigenvalue weighted by molar-refractivity contribution is 0.0390. The number of nitrogens with zero attached hydrogens (tertiary/aromatic N) is 1. The fourth-order valence-corrected chi connectivity index (χ4v) is 3.20. The predicted molar refractivity (Wildman–Crippen MR) is 79.2 cm³/mol. The second-order valence-electron chi connectivity index (χ2n) is 4.90. The van der Waals surface area contributed by atoms with Gasteiger partial charge in [-0.15, -0.1) is 0 Å². The van der Waals surface area contributed by atoms with Crippen LogP contribution in [-0.2, 0) is 21.2 Å². The van der Waals surface area contributed by atoms with Crippen molar-refractivity contribution in [2.45, 2.75) is 6.42 Å². The molecule has 0 unspecified atom stereocenters. The fraction of sp³-hybridized carbons (Fsp3) is 0.571. The molecule has 6 heteroatoms. The summed E-state index contributed by atoms with van der Waals surface area (Å²) in [7, 11) is -3.19. The molecule has 1 fully saturated rings. The van der Waals surface area contributed by atoms with Crippen LogP contribution in [0.3, 0.4) is 0 Å². The van der Waals surface area contributed by atoms with Gasteiger partial charge in [-0.25, -0.2) is 13.1 Å². The van der Waals surface area contributed by atoms with Gasteiger partial charge < -0.3 is 4.74 Å². The van der Waals surface area contributed by atoms with Gasteiger partial charge in [0.25, 0.3) is 0 Å². The molecule has 0 aromatic heterocycles. The third-order valence-corrected chi connectivity index (χ3v) is 4.74. The van der Waals surface area contributed by atoms with Crippen molar-refractivity contribution in [3.05, 3.63) is 35.9 Å². The molecule has 0 atom stereocenters. The summed E-state index contributed by atoms with van der Waals surface area (Å²) in [6, 6.07) is 9.67. The summed E-state index contributed by atoms with van der Waals surface area (Å²) in [4.78, 5) is 2.21. The zero-order valence-corrected chi connectivity index (χ0v) is 12.4. The van der Waals surface area contributed by atoms with E-state index in [0.29, 0.717) is 13.0 Å². The average molecular weight is 298 g/mol. The maximum atomic E-state index is 11.9. The number of hydrogen-bond donors (Lipinski definition) is 1. The largest absolute Gasteiger partial charge is 0.379 e. The zero-order valence-electron chi connectivity index (χ0n) is 11.6. The second kappa shape index (κ2) is 7.73. The van der Waals surface area contributed by atoms with Crippen molar-refractivity contribution >= 4 is 10.0 Å². The number of rotatable bonds is 7. The molecule has 1 aromatic carbocycles. The Hall–Kier alpha value is -0.950. The molecule has 20 heavy (non-hydrogen) atoms. The van der Waals surface area contributed by atoms with Crippen LogP contribution in [0, 0.1) is 0 Å². The topological polar surface area (TPSA) is 58.6 Å². The highest BCUT2D eigenvalue weighted by molar-refractivity contribution is 7.89. The van der Waals surface area contributed by atoms with Crippen LogP contribution < -0.4 is 4.72 Å². The molecule has 2 rings (SSSR count). The van der Waals surface area contributed by atoms with Crippen molar-refractivity contribution < 1.29 is 13.2 Å². The van der Waals surface area contributed by atoms with Gasteiger partial charge in [0.05, 0.1) is 19.0 Å².